The predicted molar refractivity (Wildman–Crippen MR) is 66.5 cm³/mol. The van der Waals surface area contributed by atoms with Crippen molar-refractivity contribution in [3.8, 4) is 0 Å². The van der Waals surface area contributed by atoms with Gasteiger partial charge >= 0.3 is 0 Å². The molecule has 2 rings (SSSR count). The maximum Gasteiger partial charge on any atom is 0.176 e. The van der Waals surface area contributed by atoms with Crippen molar-refractivity contribution < 1.29 is 0 Å². The molecule has 2 heterocycles. The van der Waals surface area contributed by atoms with Crippen LogP contribution in [0, 0.1) is 2.88 Å². The maximum absolute atomic E-state index is 6.04. The second kappa shape index (κ2) is 4.54. The van der Waals surface area contributed by atoms with Crippen LogP contribution in [-0.2, 0) is 13.5 Å². The zero-order valence-corrected chi connectivity index (χ0v) is 11.1. The molecule has 0 saturated heterocycles. The highest BCUT2D eigenvalue weighted by Gasteiger charge is 2.12. The Kier molecular flexibility index (Phi) is 3.32. The molecule has 0 aliphatic carbocycles. The van der Waals surface area contributed by atoms with Gasteiger partial charge in [-0.05, 0) is 44.8 Å². The minimum absolute atomic E-state index is 0.0473. The highest BCUT2D eigenvalue weighted by Crippen LogP contribution is 2.22. The van der Waals surface area contributed by atoms with Crippen molar-refractivity contribution in [2.75, 3.05) is 0 Å². The van der Waals surface area contributed by atoms with Crippen molar-refractivity contribution >= 4 is 33.9 Å². The molecule has 0 amide bonds. The summed E-state index contributed by atoms with van der Waals surface area (Å²) >= 11 is 3.98. The molecule has 0 aliphatic heterocycles. The first-order chi connectivity index (χ1) is 7.15. The molecule has 80 valence electrons. The van der Waals surface area contributed by atoms with Crippen molar-refractivity contribution in [1.82, 2.24) is 20.2 Å². The summed E-state index contributed by atoms with van der Waals surface area (Å²) in [7, 11) is 1.75. The second-order valence-electron chi connectivity index (χ2n) is 3.19. The Morgan fingerprint density at radius 2 is 2.47 bits per heavy atom. The number of aryl methyl sites for hydroxylation is 1. The molecule has 0 aromatic carbocycles. The van der Waals surface area contributed by atoms with Crippen molar-refractivity contribution in [2.45, 2.75) is 12.5 Å². The van der Waals surface area contributed by atoms with E-state index in [9.17, 15) is 0 Å². The van der Waals surface area contributed by atoms with E-state index in [0.717, 1.165) is 5.56 Å². The fourth-order valence-corrected chi connectivity index (χ4v) is 2.67. The van der Waals surface area contributed by atoms with Crippen LogP contribution in [0.2, 0.25) is 0 Å². The molecule has 1 unspecified atom stereocenters. The fraction of sp³-hybridized carbons (Fsp3) is 0.375. The second-order valence-corrected chi connectivity index (χ2v) is 6.00. The summed E-state index contributed by atoms with van der Waals surface area (Å²) in [6, 6.07) is 2.04. The average molecular weight is 335 g/mol. The van der Waals surface area contributed by atoms with E-state index in [1.807, 2.05) is 0 Å². The van der Waals surface area contributed by atoms with Crippen molar-refractivity contribution in [1.29, 1.82) is 0 Å². The number of hydrogen-bond acceptors (Lipinski definition) is 5. The lowest BCUT2D eigenvalue weighted by atomic mass is 10.1. The van der Waals surface area contributed by atoms with E-state index in [0.29, 0.717) is 12.2 Å². The zero-order chi connectivity index (χ0) is 10.8. The van der Waals surface area contributed by atoms with Crippen LogP contribution >= 0.6 is 33.9 Å². The molecule has 0 aliphatic rings. The van der Waals surface area contributed by atoms with Gasteiger partial charge in [0.05, 0.1) is 9.93 Å². The monoisotopic (exact) mass is 335 g/mol. The Balaban J connectivity index is 2.06. The molecule has 0 radical (unpaired) electrons. The number of aromatic nitrogens is 4. The third-order valence-corrected chi connectivity index (χ3v) is 3.78. The van der Waals surface area contributed by atoms with Gasteiger partial charge in [0.1, 0.15) is 0 Å². The number of rotatable bonds is 3. The summed E-state index contributed by atoms with van der Waals surface area (Å²) in [5.41, 5.74) is 7.17. The molecule has 2 N–H and O–H groups in total. The maximum atomic E-state index is 6.04. The number of halogens is 1. The minimum Gasteiger partial charge on any atom is -0.324 e. The third kappa shape index (κ3) is 2.73. The quantitative estimate of drug-likeness (QED) is 0.854. The lowest BCUT2D eigenvalue weighted by molar-refractivity contribution is 0.623. The van der Waals surface area contributed by atoms with Crippen LogP contribution < -0.4 is 5.73 Å². The lowest BCUT2D eigenvalue weighted by Gasteiger charge is -2.05. The summed E-state index contributed by atoms with van der Waals surface area (Å²) in [6.45, 7) is 0. The predicted octanol–water partition coefficient (Wildman–Crippen LogP) is 1.12. The highest BCUT2D eigenvalue weighted by atomic mass is 127. The van der Waals surface area contributed by atoms with Gasteiger partial charge in [-0.1, -0.05) is 0 Å². The summed E-state index contributed by atoms with van der Waals surface area (Å²) in [5, 5.41) is 13.9. The van der Waals surface area contributed by atoms with Gasteiger partial charge in [0.2, 0.25) is 0 Å². The Labute approximate surface area is 105 Å². The molecule has 15 heavy (non-hydrogen) atoms. The minimum atomic E-state index is -0.0473. The molecule has 0 spiro atoms. The smallest absolute Gasteiger partial charge is 0.176 e. The molecular formula is C8H10IN5S. The standard InChI is InChI=1S/C8H10IN5S/c1-14-12-8(11-13-14)3-6(10)5-2-7(9)15-4-5/h2,4,6H,3,10H2,1H3. The highest BCUT2D eigenvalue weighted by molar-refractivity contribution is 14.1. The Morgan fingerprint density at radius 3 is 3.00 bits per heavy atom. The van der Waals surface area contributed by atoms with Crippen molar-refractivity contribution in [3.63, 3.8) is 0 Å². The summed E-state index contributed by atoms with van der Waals surface area (Å²) < 4.78 is 1.24. The molecule has 2 aromatic rings. The average Bonchev–Trinajstić information content (AvgIpc) is 2.75. The number of thiophene rings is 1. The molecule has 0 fully saturated rings. The van der Waals surface area contributed by atoms with E-state index < -0.39 is 0 Å². The largest absolute Gasteiger partial charge is 0.324 e. The molecule has 0 saturated carbocycles. The fourth-order valence-electron chi connectivity index (χ4n) is 1.24. The number of hydrogen-bond donors (Lipinski definition) is 1. The molecule has 0 bridgehead atoms. The SMILES string of the molecule is Cn1nnc(CC(N)c2csc(I)c2)n1. The molecule has 1 atom stereocenters. The van der Waals surface area contributed by atoms with Gasteiger partial charge in [0.25, 0.3) is 0 Å². The van der Waals surface area contributed by atoms with Gasteiger partial charge < -0.3 is 5.73 Å². The zero-order valence-electron chi connectivity index (χ0n) is 8.09. The first-order valence-electron chi connectivity index (χ1n) is 4.37. The summed E-state index contributed by atoms with van der Waals surface area (Å²) in [6.07, 6.45) is 0.626. The molecular weight excluding hydrogens is 325 g/mol. The van der Waals surface area contributed by atoms with Crippen LogP contribution in [-0.4, -0.2) is 20.2 Å². The third-order valence-electron chi connectivity index (χ3n) is 1.97. The van der Waals surface area contributed by atoms with Crippen LogP contribution in [0.3, 0.4) is 0 Å². The molecule has 5 nitrogen and oxygen atoms in total. The number of tetrazole rings is 1. The van der Waals surface area contributed by atoms with E-state index in [2.05, 4.69) is 49.4 Å². The van der Waals surface area contributed by atoms with E-state index in [-0.39, 0.29) is 6.04 Å². The van der Waals surface area contributed by atoms with Gasteiger partial charge in [0, 0.05) is 12.5 Å². The van der Waals surface area contributed by atoms with Crippen LogP contribution in [0.15, 0.2) is 11.4 Å². The number of nitrogens with two attached hydrogens (primary N) is 1. The normalized spacial score (nSPS) is 13.0. The van der Waals surface area contributed by atoms with Gasteiger partial charge in [0.15, 0.2) is 5.82 Å². The van der Waals surface area contributed by atoms with Crippen molar-refractivity contribution in [3.05, 3.63) is 25.7 Å². The van der Waals surface area contributed by atoms with E-state index in [1.54, 1.807) is 18.4 Å². The van der Waals surface area contributed by atoms with E-state index >= 15 is 0 Å². The topological polar surface area (TPSA) is 69.6 Å². The van der Waals surface area contributed by atoms with E-state index in [4.69, 9.17) is 5.73 Å². The first-order valence-corrected chi connectivity index (χ1v) is 6.33. The Bertz CT molecular complexity index is 451. The van der Waals surface area contributed by atoms with Crippen LogP contribution in [0.5, 0.6) is 0 Å². The van der Waals surface area contributed by atoms with Gasteiger partial charge in [-0.3, -0.25) is 0 Å². The van der Waals surface area contributed by atoms with Crippen LogP contribution in [0.25, 0.3) is 0 Å². The van der Waals surface area contributed by atoms with Gasteiger partial charge in [-0.25, -0.2) is 0 Å². The summed E-state index contributed by atoms with van der Waals surface area (Å²) in [5.74, 6) is 0.686. The van der Waals surface area contributed by atoms with Crippen LogP contribution in [0.1, 0.15) is 17.4 Å². The van der Waals surface area contributed by atoms with Gasteiger partial charge in [-0.2, -0.15) is 4.80 Å². The van der Waals surface area contributed by atoms with E-state index in [1.165, 1.54) is 7.68 Å². The Morgan fingerprint density at radius 1 is 1.67 bits per heavy atom. The van der Waals surface area contributed by atoms with Crippen LogP contribution in [0.4, 0.5) is 0 Å². The van der Waals surface area contributed by atoms with Crippen molar-refractivity contribution in [2.24, 2.45) is 12.8 Å². The Hall–Kier alpha value is -0.540. The first kappa shape index (κ1) is 11.0. The lowest BCUT2D eigenvalue weighted by Crippen LogP contribution is -2.13. The number of nitrogens with zero attached hydrogens (tertiary/aromatic N) is 4. The molecule has 7 heteroatoms. The summed E-state index contributed by atoms with van der Waals surface area (Å²) in [4.78, 5) is 1.44. The molecule has 2 aromatic heterocycles. The van der Waals surface area contributed by atoms with Gasteiger partial charge in [-0.15, -0.1) is 21.5 Å².